The maximum absolute atomic E-state index is 13.8. The number of para-hydroxylation sites is 2. The van der Waals surface area contributed by atoms with E-state index in [2.05, 4.69) is 58.6 Å². The molecule has 0 saturated heterocycles. The average molecular weight is 528 g/mol. The maximum atomic E-state index is 13.8. The quantitative estimate of drug-likeness (QED) is 0.188. The van der Waals surface area contributed by atoms with Crippen molar-refractivity contribution in [3.63, 3.8) is 0 Å². The van der Waals surface area contributed by atoms with E-state index in [1.807, 2.05) is 36.4 Å². The van der Waals surface area contributed by atoms with E-state index in [0.717, 1.165) is 46.7 Å². The fourth-order valence-corrected chi connectivity index (χ4v) is 6.41. The van der Waals surface area contributed by atoms with Crippen molar-refractivity contribution < 1.29 is 9.90 Å². The lowest BCUT2D eigenvalue weighted by Crippen LogP contribution is -2.37. The SMILES string of the molecule is CSc1nc2ccccc2n1Cc1ccc(C(C(=O)NC(CO)c2ccccc2)C2CCCCCC2)cc1. The molecule has 2 unspecified atom stereocenters. The van der Waals surface area contributed by atoms with Gasteiger partial charge in [0.15, 0.2) is 5.16 Å². The number of thioether (sulfide) groups is 1. The van der Waals surface area contributed by atoms with Gasteiger partial charge in [0.2, 0.25) is 5.91 Å². The van der Waals surface area contributed by atoms with Crippen LogP contribution in [0.4, 0.5) is 0 Å². The number of nitrogens with one attached hydrogen (secondary N) is 1. The Kier molecular flexibility index (Phi) is 8.82. The maximum Gasteiger partial charge on any atom is 0.228 e. The van der Waals surface area contributed by atoms with Crippen LogP contribution in [0.2, 0.25) is 0 Å². The van der Waals surface area contributed by atoms with Crippen molar-refractivity contribution in [2.75, 3.05) is 12.9 Å². The van der Waals surface area contributed by atoms with Crippen molar-refractivity contribution in [3.05, 3.63) is 95.6 Å². The van der Waals surface area contributed by atoms with Crippen LogP contribution in [-0.4, -0.2) is 33.4 Å². The topological polar surface area (TPSA) is 67.2 Å². The summed E-state index contributed by atoms with van der Waals surface area (Å²) in [5.41, 5.74) is 5.31. The fourth-order valence-electron chi connectivity index (χ4n) is 5.84. The monoisotopic (exact) mass is 527 g/mol. The number of amides is 1. The number of imidazole rings is 1. The van der Waals surface area contributed by atoms with Gasteiger partial charge < -0.3 is 15.0 Å². The Labute approximate surface area is 229 Å². The molecule has 4 aromatic rings. The summed E-state index contributed by atoms with van der Waals surface area (Å²) in [6, 6.07) is 26.2. The van der Waals surface area contributed by atoms with Crippen LogP contribution >= 0.6 is 11.8 Å². The van der Waals surface area contributed by atoms with Crippen LogP contribution in [0.15, 0.2) is 84.0 Å². The lowest BCUT2D eigenvalue weighted by Gasteiger charge is -2.28. The highest BCUT2D eigenvalue weighted by Gasteiger charge is 2.31. The Balaban J connectivity index is 1.40. The average Bonchev–Trinajstić information content (AvgIpc) is 3.10. The zero-order valence-corrected chi connectivity index (χ0v) is 22.9. The van der Waals surface area contributed by atoms with Gasteiger partial charge in [0.05, 0.1) is 36.1 Å². The summed E-state index contributed by atoms with van der Waals surface area (Å²) >= 11 is 1.66. The van der Waals surface area contributed by atoms with Crippen molar-refractivity contribution in [1.29, 1.82) is 0 Å². The number of carbonyl (C=O) groups is 1. The molecule has 5 rings (SSSR count). The second kappa shape index (κ2) is 12.6. The standard InChI is InChI=1S/C32H37N3O2S/c1-38-32-34-27-15-9-10-16-29(27)35(32)21-23-17-19-26(20-18-23)30(25-13-5-2-3-6-14-25)31(37)33-28(22-36)24-11-7-4-8-12-24/h4,7-12,15-20,25,28,30,36H,2-3,5-6,13-14,21-22H2,1H3,(H,33,37). The smallest absolute Gasteiger partial charge is 0.228 e. The molecule has 0 aliphatic heterocycles. The fraction of sp³-hybridized carbons (Fsp3) is 0.375. The van der Waals surface area contributed by atoms with Gasteiger partial charge in [-0.05, 0) is 53.8 Å². The third kappa shape index (κ3) is 5.97. The molecule has 1 fully saturated rings. The van der Waals surface area contributed by atoms with E-state index < -0.39 is 6.04 Å². The van der Waals surface area contributed by atoms with Crippen LogP contribution in [0.25, 0.3) is 11.0 Å². The zero-order chi connectivity index (χ0) is 26.3. The summed E-state index contributed by atoms with van der Waals surface area (Å²) in [7, 11) is 0. The number of aromatic nitrogens is 2. The summed E-state index contributed by atoms with van der Waals surface area (Å²) in [4.78, 5) is 18.6. The predicted molar refractivity (Wildman–Crippen MR) is 155 cm³/mol. The normalized spacial score (nSPS) is 16.2. The van der Waals surface area contributed by atoms with Gasteiger partial charge in [-0.1, -0.05) is 104 Å². The number of nitrogens with zero attached hydrogens (tertiary/aromatic N) is 2. The molecule has 1 aromatic heterocycles. The van der Waals surface area contributed by atoms with E-state index in [9.17, 15) is 9.90 Å². The van der Waals surface area contributed by atoms with Gasteiger partial charge in [0.1, 0.15) is 0 Å². The third-order valence-electron chi connectivity index (χ3n) is 7.84. The molecule has 198 valence electrons. The van der Waals surface area contributed by atoms with Crippen LogP contribution in [0.3, 0.4) is 0 Å². The van der Waals surface area contributed by atoms with Gasteiger partial charge in [0, 0.05) is 0 Å². The highest BCUT2D eigenvalue weighted by Crippen LogP contribution is 2.36. The van der Waals surface area contributed by atoms with E-state index in [1.54, 1.807) is 11.8 Å². The van der Waals surface area contributed by atoms with E-state index in [0.29, 0.717) is 5.92 Å². The number of fused-ring (bicyclic) bond motifs is 1. The molecule has 0 bridgehead atoms. The van der Waals surface area contributed by atoms with Crippen molar-refractivity contribution in [2.24, 2.45) is 5.92 Å². The number of hydrogen-bond donors (Lipinski definition) is 2. The molecule has 0 spiro atoms. The number of benzene rings is 3. The highest BCUT2D eigenvalue weighted by molar-refractivity contribution is 7.98. The molecule has 1 heterocycles. The molecule has 1 aliphatic carbocycles. The second-order valence-corrected chi connectivity index (χ2v) is 11.1. The molecule has 5 nitrogen and oxygen atoms in total. The Morgan fingerprint density at radius 3 is 2.32 bits per heavy atom. The van der Waals surface area contributed by atoms with Crippen LogP contribution < -0.4 is 5.32 Å². The Morgan fingerprint density at radius 2 is 1.63 bits per heavy atom. The minimum atomic E-state index is -0.407. The van der Waals surface area contributed by atoms with Crippen LogP contribution in [0.5, 0.6) is 0 Å². The minimum Gasteiger partial charge on any atom is -0.394 e. The second-order valence-electron chi connectivity index (χ2n) is 10.3. The molecule has 38 heavy (non-hydrogen) atoms. The minimum absolute atomic E-state index is 0.0119. The van der Waals surface area contributed by atoms with Crippen molar-refractivity contribution in [3.8, 4) is 0 Å². The summed E-state index contributed by atoms with van der Waals surface area (Å²) in [5, 5.41) is 14.3. The number of rotatable bonds is 9. The molecule has 2 N–H and O–H groups in total. The summed E-state index contributed by atoms with van der Waals surface area (Å²) in [6.07, 6.45) is 9.00. The van der Waals surface area contributed by atoms with Gasteiger partial charge in [-0.15, -0.1) is 0 Å². The molecule has 1 saturated carbocycles. The van der Waals surface area contributed by atoms with Crippen molar-refractivity contribution in [1.82, 2.24) is 14.9 Å². The molecule has 1 aliphatic rings. The van der Waals surface area contributed by atoms with Crippen molar-refractivity contribution >= 4 is 28.7 Å². The molecule has 3 aromatic carbocycles. The lowest BCUT2D eigenvalue weighted by atomic mass is 9.80. The molecule has 0 radical (unpaired) electrons. The first kappa shape index (κ1) is 26.5. The van der Waals surface area contributed by atoms with Gasteiger partial charge >= 0.3 is 0 Å². The Hall–Kier alpha value is -3.09. The predicted octanol–water partition coefficient (Wildman–Crippen LogP) is 6.71. The van der Waals surface area contributed by atoms with Gasteiger partial charge in [-0.3, -0.25) is 4.79 Å². The third-order valence-corrected chi connectivity index (χ3v) is 8.51. The van der Waals surface area contributed by atoms with E-state index in [1.165, 1.54) is 31.2 Å². The summed E-state index contributed by atoms with van der Waals surface area (Å²) < 4.78 is 2.26. The first-order chi connectivity index (χ1) is 18.7. The molecule has 2 atom stereocenters. The van der Waals surface area contributed by atoms with E-state index in [4.69, 9.17) is 4.98 Å². The zero-order valence-electron chi connectivity index (χ0n) is 22.1. The number of carbonyl (C=O) groups excluding carboxylic acids is 1. The molecule has 1 amide bonds. The number of aliphatic hydroxyl groups is 1. The van der Waals surface area contributed by atoms with Gasteiger partial charge in [-0.2, -0.15) is 0 Å². The van der Waals surface area contributed by atoms with Gasteiger partial charge in [0.25, 0.3) is 0 Å². The van der Waals surface area contributed by atoms with E-state index >= 15 is 0 Å². The Morgan fingerprint density at radius 1 is 0.947 bits per heavy atom. The van der Waals surface area contributed by atoms with Gasteiger partial charge in [-0.25, -0.2) is 4.98 Å². The van der Waals surface area contributed by atoms with E-state index in [-0.39, 0.29) is 18.4 Å². The Bertz CT molecular complexity index is 1330. The largest absolute Gasteiger partial charge is 0.394 e. The first-order valence-electron chi connectivity index (χ1n) is 13.7. The van der Waals surface area contributed by atoms with Crippen LogP contribution in [-0.2, 0) is 11.3 Å². The summed E-state index contributed by atoms with van der Waals surface area (Å²) in [5.74, 6) is 0.0905. The first-order valence-corrected chi connectivity index (χ1v) is 14.9. The molecule has 6 heteroatoms. The highest BCUT2D eigenvalue weighted by atomic mass is 32.2. The van der Waals surface area contributed by atoms with Crippen molar-refractivity contribution in [2.45, 2.75) is 62.2 Å². The number of hydrogen-bond acceptors (Lipinski definition) is 4. The van der Waals surface area contributed by atoms with Crippen LogP contribution in [0.1, 0.15) is 67.2 Å². The molecular weight excluding hydrogens is 490 g/mol. The van der Waals surface area contributed by atoms with Crippen LogP contribution in [0, 0.1) is 5.92 Å². The number of aliphatic hydroxyl groups excluding tert-OH is 1. The summed E-state index contributed by atoms with van der Waals surface area (Å²) in [6.45, 7) is 0.612. The molecular formula is C32H37N3O2S. The lowest BCUT2D eigenvalue weighted by molar-refractivity contribution is -0.125.